The fourth-order valence-electron chi connectivity index (χ4n) is 0.849. The molecule has 0 aliphatic carbocycles. The van der Waals surface area contributed by atoms with Gasteiger partial charge in [-0.15, -0.1) is 0 Å². The summed E-state index contributed by atoms with van der Waals surface area (Å²) in [5, 5.41) is 3.99. The van der Waals surface area contributed by atoms with Crippen molar-refractivity contribution in [3.63, 3.8) is 0 Å². The van der Waals surface area contributed by atoms with Gasteiger partial charge in [-0.3, -0.25) is 9.48 Å². The molecular weight excluding hydrogens is 140 g/mol. The van der Waals surface area contributed by atoms with Crippen LogP contribution in [0.15, 0.2) is 18.5 Å². The topological polar surface area (TPSA) is 34.9 Å². The summed E-state index contributed by atoms with van der Waals surface area (Å²) >= 11 is 0. The van der Waals surface area contributed by atoms with E-state index in [4.69, 9.17) is 0 Å². The van der Waals surface area contributed by atoms with Crippen LogP contribution in [-0.4, -0.2) is 15.6 Å². The maximum absolute atomic E-state index is 10.9. The third kappa shape index (κ3) is 2.53. The predicted octanol–water partition coefficient (Wildman–Crippen LogP) is 1.25. The SMILES string of the molecule is CCC(=O)CCn1cccn1. The van der Waals surface area contributed by atoms with Gasteiger partial charge < -0.3 is 0 Å². The van der Waals surface area contributed by atoms with Crippen LogP contribution >= 0.6 is 0 Å². The molecule has 0 aliphatic heterocycles. The monoisotopic (exact) mass is 152 g/mol. The van der Waals surface area contributed by atoms with Gasteiger partial charge in [0.1, 0.15) is 5.78 Å². The van der Waals surface area contributed by atoms with Crippen molar-refractivity contribution in [2.24, 2.45) is 0 Å². The number of hydrogen-bond acceptors (Lipinski definition) is 2. The lowest BCUT2D eigenvalue weighted by Crippen LogP contribution is -2.04. The van der Waals surface area contributed by atoms with Gasteiger partial charge in [-0.05, 0) is 6.07 Å². The number of aromatic nitrogens is 2. The zero-order valence-electron chi connectivity index (χ0n) is 6.66. The number of rotatable bonds is 4. The second kappa shape index (κ2) is 3.91. The number of ketones is 1. The lowest BCUT2D eigenvalue weighted by atomic mass is 10.2. The van der Waals surface area contributed by atoms with E-state index in [1.165, 1.54) is 0 Å². The zero-order chi connectivity index (χ0) is 8.10. The Hall–Kier alpha value is -1.12. The van der Waals surface area contributed by atoms with E-state index in [9.17, 15) is 4.79 Å². The van der Waals surface area contributed by atoms with Crippen molar-refractivity contribution < 1.29 is 4.79 Å². The first-order valence-corrected chi connectivity index (χ1v) is 3.82. The van der Waals surface area contributed by atoms with Crippen molar-refractivity contribution in [2.45, 2.75) is 26.3 Å². The molecule has 3 nitrogen and oxygen atoms in total. The molecule has 0 saturated heterocycles. The minimum absolute atomic E-state index is 0.292. The molecule has 0 aliphatic rings. The molecule has 1 heterocycles. The predicted molar refractivity (Wildman–Crippen MR) is 42.1 cm³/mol. The van der Waals surface area contributed by atoms with Gasteiger partial charge in [-0.1, -0.05) is 6.92 Å². The maximum atomic E-state index is 10.9. The number of hydrogen-bond donors (Lipinski definition) is 0. The largest absolute Gasteiger partial charge is 0.300 e. The van der Waals surface area contributed by atoms with Crippen molar-refractivity contribution in [3.8, 4) is 0 Å². The van der Waals surface area contributed by atoms with E-state index in [0.29, 0.717) is 25.2 Å². The zero-order valence-corrected chi connectivity index (χ0v) is 6.66. The molecule has 0 spiro atoms. The molecule has 0 unspecified atom stereocenters. The molecule has 0 atom stereocenters. The van der Waals surface area contributed by atoms with Crippen LogP contribution in [0.1, 0.15) is 19.8 Å². The van der Waals surface area contributed by atoms with Gasteiger partial charge in [0.2, 0.25) is 0 Å². The first-order chi connectivity index (χ1) is 5.33. The van der Waals surface area contributed by atoms with E-state index in [1.54, 1.807) is 10.9 Å². The molecule has 3 heteroatoms. The maximum Gasteiger partial charge on any atom is 0.134 e. The fourth-order valence-corrected chi connectivity index (χ4v) is 0.849. The number of Topliss-reactive ketones (excluding diaryl/α,β-unsaturated/α-hetero) is 1. The molecular formula is C8H12N2O. The number of carbonyl (C=O) groups excluding carboxylic acids is 1. The van der Waals surface area contributed by atoms with Crippen molar-refractivity contribution in [1.29, 1.82) is 0 Å². The summed E-state index contributed by atoms with van der Waals surface area (Å²) in [6.07, 6.45) is 4.80. The molecule has 0 radical (unpaired) electrons. The highest BCUT2D eigenvalue weighted by Crippen LogP contribution is 1.92. The molecule has 11 heavy (non-hydrogen) atoms. The minimum atomic E-state index is 0.292. The highest BCUT2D eigenvalue weighted by atomic mass is 16.1. The van der Waals surface area contributed by atoms with E-state index in [2.05, 4.69) is 5.10 Å². The average molecular weight is 152 g/mol. The van der Waals surface area contributed by atoms with E-state index in [1.807, 2.05) is 19.2 Å². The minimum Gasteiger partial charge on any atom is -0.300 e. The number of nitrogens with zero attached hydrogens (tertiary/aromatic N) is 2. The van der Waals surface area contributed by atoms with E-state index >= 15 is 0 Å². The summed E-state index contributed by atoms with van der Waals surface area (Å²) in [6.45, 7) is 2.59. The van der Waals surface area contributed by atoms with Crippen LogP contribution < -0.4 is 0 Å². The van der Waals surface area contributed by atoms with Crippen LogP contribution in [-0.2, 0) is 11.3 Å². The van der Waals surface area contributed by atoms with Crippen molar-refractivity contribution in [1.82, 2.24) is 9.78 Å². The second-order valence-corrected chi connectivity index (χ2v) is 2.41. The first kappa shape index (κ1) is 7.98. The Morgan fingerprint density at radius 1 is 1.64 bits per heavy atom. The molecule has 0 aromatic carbocycles. The van der Waals surface area contributed by atoms with Gasteiger partial charge in [0.05, 0.1) is 0 Å². The van der Waals surface area contributed by atoms with Gasteiger partial charge in [0.25, 0.3) is 0 Å². The van der Waals surface area contributed by atoms with Gasteiger partial charge in [-0.25, -0.2) is 0 Å². The van der Waals surface area contributed by atoms with Crippen LogP contribution in [0.3, 0.4) is 0 Å². The Morgan fingerprint density at radius 2 is 2.45 bits per heavy atom. The number of carbonyl (C=O) groups is 1. The Morgan fingerprint density at radius 3 is 3.00 bits per heavy atom. The Bertz CT molecular complexity index is 216. The van der Waals surface area contributed by atoms with Gasteiger partial charge in [0, 0.05) is 31.8 Å². The summed E-state index contributed by atoms with van der Waals surface area (Å²) in [4.78, 5) is 10.9. The molecule has 60 valence electrons. The van der Waals surface area contributed by atoms with E-state index in [0.717, 1.165) is 0 Å². The average Bonchev–Trinajstić information content (AvgIpc) is 2.52. The summed E-state index contributed by atoms with van der Waals surface area (Å²) in [7, 11) is 0. The molecule has 0 saturated carbocycles. The quantitative estimate of drug-likeness (QED) is 0.650. The fraction of sp³-hybridized carbons (Fsp3) is 0.500. The highest BCUT2D eigenvalue weighted by molar-refractivity contribution is 5.77. The molecule has 0 bridgehead atoms. The van der Waals surface area contributed by atoms with Crippen LogP contribution in [0.25, 0.3) is 0 Å². The van der Waals surface area contributed by atoms with Crippen LogP contribution in [0.5, 0.6) is 0 Å². The summed E-state index contributed by atoms with van der Waals surface area (Å²) < 4.78 is 1.77. The van der Waals surface area contributed by atoms with Crippen LogP contribution in [0, 0.1) is 0 Å². The van der Waals surface area contributed by atoms with Gasteiger partial charge >= 0.3 is 0 Å². The molecule has 0 fully saturated rings. The summed E-state index contributed by atoms with van der Waals surface area (Å²) in [5.41, 5.74) is 0. The van der Waals surface area contributed by atoms with Crippen molar-refractivity contribution in [2.75, 3.05) is 0 Å². The Balaban J connectivity index is 2.29. The molecule has 1 rings (SSSR count). The van der Waals surface area contributed by atoms with E-state index in [-0.39, 0.29) is 0 Å². The highest BCUT2D eigenvalue weighted by Gasteiger charge is 1.97. The van der Waals surface area contributed by atoms with Crippen molar-refractivity contribution >= 4 is 5.78 Å². The van der Waals surface area contributed by atoms with Crippen LogP contribution in [0.2, 0.25) is 0 Å². The Labute approximate surface area is 66.0 Å². The van der Waals surface area contributed by atoms with Crippen molar-refractivity contribution in [3.05, 3.63) is 18.5 Å². The van der Waals surface area contributed by atoms with E-state index < -0.39 is 0 Å². The third-order valence-electron chi connectivity index (χ3n) is 1.57. The lowest BCUT2D eigenvalue weighted by Gasteiger charge is -1.97. The Kier molecular flexibility index (Phi) is 2.83. The first-order valence-electron chi connectivity index (χ1n) is 3.82. The molecule has 0 N–H and O–H groups in total. The molecule has 0 amide bonds. The summed E-state index contributed by atoms with van der Waals surface area (Å²) in [5.74, 6) is 0.292. The van der Waals surface area contributed by atoms with Gasteiger partial charge in [-0.2, -0.15) is 5.10 Å². The van der Waals surface area contributed by atoms with Crippen LogP contribution in [0.4, 0.5) is 0 Å². The second-order valence-electron chi connectivity index (χ2n) is 2.41. The standard InChI is InChI=1S/C8H12N2O/c1-2-8(11)4-7-10-6-3-5-9-10/h3,5-6H,2,4,7H2,1H3. The van der Waals surface area contributed by atoms with Gasteiger partial charge in [0.15, 0.2) is 0 Å². The molecule has 1 aromatic heterocycles. The summed E-state index contributed by atoms with van der Waals surface area (Å²) in [6, 6.07) is 1.86. The normalized spacial score (nSPS) is 9.91. The molecule has 1 aromatic rings. The lowest BCUT2D eigenvalue weighted by molar-refractivity contribution is -0.119. The smallest absolute Gasteiger partial charge is 0.134 e. The third-order valence-corrected chi connectivity index (χ3v) is 1.57. The number of aryl methyl sites for hydroxylation is 1.